The van der Waals surface area contributed by atoms with Gasteiger partial charge in [0, 0.05) is 25.4 Å². The van der Waals surface area contributed by atoms with Gasteiger partial charge in [0.15, 0.2) is 21.7 Å². The van der Waals surface area contributed by atoms with E-state index < -0.39 is 12.1 Å². The van der Waals surface area contributed by atoms with E-state index in [1.54, 1.807) is 12.1 Å². The third-order valence-corrected chi connectivity index (χ3v) is 7.78. The van der Waals surface area contributed by atoms with E-state index in [0.29, 0.717) is 48.9 Å². The minimum atomic E-state index is -0.618. The van der Waals surface area contributed by atoms with Crippen molar-refractivity contribution < 1.29 is 28.7 Å². The summed E-state index contributed by atoms with van der Waals surface area (Å²) in [6, 6.07) is 2.33. The first-order valence-electron chi connectivity index (χ1n) is 14.2. The lowest BCUT2D eigenvalue weighted by atomic mass is 10.1. The van der Waals surface area contributed by atoms with Gasteiger partial charge in [-0.15, -0.1) is 0 Å². The molecule has 0 bridgehead atoms. The molecule has 2 atom stereocenters. The van der Waals surface area contributed by atoms with Crippen molar-refractivity contribution in [2.24, 2.45) is 22.9 Å². The number of amides is 2. The van der Waals surface area contributed by atoms with Crippen LogP contribution >= 0.6 is 23.5 Å². The minimum absolute atomic E-state index is 0.0366. The Hall–Kier alpha value is -2.36. The normalized spacial score (nSPS) is 12.3. The molecule has 1 aromatic rings. The smallest absolute Gasteiger partial charge is 0.237 e. The van der Waals surface area contributed by atoms with E-state index in [1.807, 2.05) is 0 Å². The van der Waals surface area contributed by atoms with Crippen LogP contribution in [-0.4, -0.2) is 73.5 Å². The van der Waals surface area contributed by atoms with Gasteiger partial charge in [0.2, 0.25) is 11.8 Å². The Balaban J connectivity index is 2.92. The molecule has 0 spiro atoms. The lowest BCUT2D eigenvalue weighted by Gasteiger charge is -2.18. The van der Waals surface area contributed by atoms with E-state index in [4.69, 9.17) is 32.4 Å². The first kappa shape index (κ1) is 37.7. The molecule has 0 aromatic heterocycles. The first-order valence-corrected chi connectivity index (χ1v) is 16.2. The van der Waals surface area contributed by atoms with E-state index in [9.17, 15) is 19.2 Å². The maximum atomic E-state index is 12.3. The van der Waals surface area contributed by atoms with Crippen LogP contribution in [0.5, 0.6) is 11.5 Å². The highest BCUT2D eigenvalue weighted by Gasteiger charge is 2.17. The predicted octanol–water partition coefficient (Wildman–Crippen LogP) is 1.15. The Labute approximate surface area is 257 Å². The zero-order valence-electron chi connectivity index (χ0n) is 24.8. The average molecular weight is 629 g/mol. The molecule has 0 unspecified atom stereocenters. The summed E-state index contributed by atoms with van der Waals surface area (Å²) in [7, 11) is 0. The average Bonchev–Trinajstić information content (AvgIpc) is 2.95. The van der Waals surface area contributed by atoms with Crippen LogP contribution in [0.25, 0.3) is 0 Å². The molecule has 238 valence electrons. The summed E-state index contributed by atoms with van der Waals surface area (Å²) in [6.07, 6.45) is 4.27. The van der Waals surface area contributed by atoms with Crippen molar-refractivity contribution in [3.63, 3.8) is 0 Å². The highest BCUT2D eigenvalue weighted by atomic mass is 32.2. The molecule has 12 nitrogen and oxygen atoms in total. The first-order chi connectivity index (χ1) is 20.1. The van der Waals surface area contributed by atoms with Crippen LogP contribution < -0.4 is 43.0 Å². The quantitative estimate of drug-likeness (QED) is 0.0998. The maximum absolute atomic E-state index is 12.3. The molecule has 14 heteroatoms. The zero-order chi connectivity index (χ0) is 31.3. The van der Waals surface area contributed by atoms with Gasteiger partial charge in [0.1, 0.15) is 13.2 Å². The van der Waals surface area contributed by atoms with E-state index in [-0.39, 0.29) is 48.3 Å². The summed E-state index contributed by atoms with van der Waals surface area (Å²) < 4.78 is 12.0. The zero-order valence-corrected chi connectivity index (χ0v) is 26.4. The lowest BCUT2D eigenvalue weighted by molar-refractivity contribution is -0.123. The standard InChI is InChI=1S/C28H48N6O6S2/c1-19(35)41-17-21-15-25(39-13-11-33-27(37)23(31)7-3-5-9-29)26(16-22(21)18-42-20(2)36)40-14-12-34-28(38)24(32)8-4-6-10-30/h15-16,23-24H,3-14,17-18,29-32H2,1-2H3,(H,33,37)(H,34,38)/t23-,24-/m0/s1. The number of ether oxygens (including phenoxy) is 2. The highest BCUT2D eigenvalue weighted by Crippen LogP contribution is 2.34. The minimum Gasteiger partial charge on any atom is -0.488 e. The second-order valence-electron chi connectivity index (χ2n) is 9.69. The maximum Gasteiger partial charge on any atom is 0.237 e. The molecule has 0 saturated heterocycles. The van der Waals surface area contributed by atoms with Crippen molar-refractivity contribution in [2.45, 2.75) is 76.0 Å². The molecular weight excluding hydrogens is 580 g/mol. The van der Waals surface area contributed by atoms with Gasteiger partial charge >= 0.3 is 0 Å². The molecule has 0 heterocycles. The lowest BCUT2D eigenvalue weighted by Crippen LogP contribution is -2.42. The Bertz CT molecular complexity index is 923. The van der Waals surface area contributed by atoms with Gasteiger partial charge in [-0.05, 0) is 62.0 Å². The second-order valence-corrected chi connectivity index (χ2v) is 12.0. The van der Waals surface area contributed by atoms with Crippen molar-refractivity contribution in [3.8, 4) is 11.5 Å². The van der Waals surface area contributed by atoms with Crippen molar-refractivity contribution in [1.29, 1.82) is 0 Å². The molecule has 10 N–H and O–H groups in total. The second kappa shape index (κ2) is 22.2. The highest BCUT2D eigenvalue weighted by molar-refractivity contribution is 8.13. The van der Waals surface area contributed by atoms with Gasteiger partial charge in [-0.1, -0.05) is 36.4 Å². The Morgan fingerprint density at radius 2 is 1.10 bits per heavy atom. The molecule has 0 aliphatic heterocycles. The molecule has 0 radical (unpaired) electrons. The Morgan fingerprint density at radius 1 is 0.714 bits per heavy atom. The van der Waals surface area contributed by atoms with Gasteiger partial charge < -0.3 is 43.0 Å². The number of hydrogen-bond acceptors (Lipinski definition) is 12. The fraction of sp³-hybridized carbons (Fsp3) is 0.643. The summed E-state index contributed by atoms with van der Waals surface area (Å²) in [5, 5.41) is 5.48. The number of hydrogen-bond donors (Lipinski definition) is 6. The molecule has 1 aromatic carbocycles. The van der Waals surface area contributed by atoms with E-state index in [0.717, 1.165) is 60.3 Å². The predicted molar refractivity (Wildman–Crippen MR) is 169 cm³/mol. The third-order valence-electron chi connectivity index (χ3n) is 6.06. The van der Waals surface area contributed by atoms with Crippen molar-refractivity contribution in [2.75, 3.05) is 39.4 Å². The topological polar surface area (TPSA) is 215 Å². The van der Waals surface area contributed by atoms with Crippen LogP contribution in [0.1, 0.15) is 63.5 Å². The SMILES string of the molecule is CC(=O)SCc1cc(OCCNC(=O)[C@@H](N)CCCCN)c(OCCNC(=O)[C@@H](N)CCCCN)cc1CSC(C)=O. The summed E-state index contributed by atoms with van der Waals surface area (Å²) in [5.41, 5.74) is 24.5. The van der Waals surface area contributed by atoms with Crippen LogP contribution in [-0.2, 0) is 30.7 Å². The number of carbonyl (C=O) groups excluding carboxylic acids is 4. The molecule has 0 saturated carbocycles. The number of carbonyl (C=O) groups is 4. The summed E-state index contributed by atoms with van der Waals surface area (Å²) in [4.78, 5) is 47.9. The molecule has 2 amide bonds. The number of unbranched alkanes of at least 4 members (excludes halogenated alkanes) is 2. The monoisotopic (exact) mass is 628 g/mol. The Kier molecular flexibility index (Phi) is 19.9. The van der Waals surface area contributed by atoms with Gasteiger partial charge in [-0.2, -0.15) is 0 Å². The number of thioether (sulfide) groups is 2. The summed E-state index contributed by atoms with van der Waals surface area (Å²) in [6.45, 7) is 4.83. The molecule has 1 rings (SSSR count). The van der Waals surface area contributed by atoms with Crippen LogP contribution in [0.4, 0.5) is 0 Å². The van der Waals surface area contributed by atoms with E-state index in [2.05, 4.69) is 10.6 Å². The molecule has 42 heavy (non-hydrogen) atoms. The number of nitrogens with one attached hydrogen (secondary N) is 2. The molecule has 0 fully saturated rings. The number of benzene rings is 1. The van der Waals surface area contributed by atoms with Gasteiger partial charge in [-0.25, -0.2) is 0 Å². The van der Waals surface area contributed by atoms with E-state index >= 15 is 0 Å². The van der Waals surface area contributed by atoms with Crippen molar-refractivity contribution in [3.05, 3.63) is 23.3 Å². The summed E-state index contributed by atoms with van der Waals surface area (Å²) >= 11 is 2.30. The number of rotatable bonds is 22. The fourth-order valence-electron chi connectivity index (χ4n) is 3.71. The van der Waals surface area contributed by atoms with Crippen LogP contribution in [0, 0.1) is 0 Å². The van der Waals surface area contributed by atoms with Crippen molar-refractivity contribution >= 4 is 45.6 Å². The number of nitrogens with two attached hydrogens (primary N) is 4. The largest absolute Gasteiger partial charge is 0.488 e. The Morgan fingerprint density at radius 3 is 1.43 bits per heavy atom. The van der Waals surface area contributed by atoms with Crippen LogP contribution in [0.2, 0.25) is 0 Å². The molecular formula is C28H48N6O6S2. The van der Waals surface area contributed by atoms with Crippen LogP contribution in [0.3, 0.4) is 0 Å². The van der Waals surface area contributed by atoms with Crippen LogP contribution in [0.15, 0.2) is 12.1 Å². The van der Waals surface area contributed by atoms with Gasteiger partial charge in [-0.3, -0.25) is 19.2 Å². The molecule has 0 aliphatic rings. The van der Waals surface area contributed by atoms with Crippen molar-refractivity contribution in [1.82, 2.24) is 10.6 Å². The van der Waals surface area contributed by atoms with E-state index in [1.165, 1.54) is 13.8 Å². The molecule has 0 aliphatic carbocycles. The third kappa shape index (κ3) is 16.3. The fourth-order valence-corrected chi connectivity index (χ4v) is 4.96. The van der Waals surface area contributed by atoms with Gasteiger partial charge in [0.05, 0.1) is 25.2 Å². The van der Waals surface area contributed by atoms with Gasteiger partial charge in [0.25, 0.3) is 0 Å². The summed E-state index contributed by atoms with van der Waals surface area (Å²) in [5.74, 6) is 1.09.